The highest BCUT2D eigenvalue weighted by molar-refractivity contribution is 7.99. The molecular weight excluding hydrogens is 396 g/mol. The van der Waals surface area contributed by atoms with Crippen molar-refractivity contribution in [1.29, 1.82) is 0 Å². The molecule has 0 aliphatic rings. The van der Waals surface area contributed by atoms with Gasteiger partial charge in [-0.3, -0.25) is 4.79 Å². The first-order valence-electron chi connectivity index (χ1n) is 7.45. The summed E-state index contributed by atoms with van der Waals surface area (Å²) in [5.74, 6) is 0.791. The molecule has 3 rings (SSSR count). The number of benzene rings is 1. The molecule has 8 heteroatoms. The molecule has 130 valence electrons. The molecule has 2 heterocycles. The first-order chi connectivity index (χ1) is 12.1. The Hall–Kier alpha value is -1.41. The Morgan fingerprint density at radius 2 is 1.92 bits per heavy atom. The van der Waals surface area contributed by atoms with Crippen molar-refractivity contribution in [3.63, 3.8) is 0 Å². The van der Waals surface area contributed by atoms with Crippen molar-refractivity contribution in [3.05, 3.63) is 56.4 Å². The Morgan fingerprint density at radius 1 is 1.16 bits per heavy atom. The quantitative estimate of drug-likeness (QED) is 0.500. The number of hydrogen-bond donors (Lipinski definition) is 0. The van der Waals surface area contributed by atoms with Crippen LogP contribution in [0.4, 0.5) is 0 Å². The first kappa shape index (κ1) is 18.4. The summed E-state index contributed by atoms with van der Waals surface area (Å²) in [6.07, 6.45) is 0. The van der Waals surface area contributed by atoms with Crippen LogP contribution in [0.15, 0.2) is 35.0 Å². The van der Waals surface area contributed by atoms with Crippen LogP contribution >= 0.6 is 46.0 Å². The van der Waals surface area contributed by atoms with Crippen LogP contribution in [-0.4, -0.2) is 21.7 Å². The Balaban J connectivity index is 1.43. The molecule has 25 heavy (non-hydrogen) atoms. The predicted octanol–water partition coefficient (Wildman–Crippen LogP) is 5.21. The van der Waals surface area contributed by atoms with Crippen molar-refractivity contribution >= 4 is 52.0 Å². The molecule has 4 nitrogen and oxygen atoms in total. The predicted molar refractivity (Wildman–Crippen MR) is 105 cm³/mol. The number of ether oxygens (including phenoxy) is 1. The van der Waals surface area contributed by atoms with Gasteiger partial charge >= 0.3 is 5.97 Å². The molecule has 2 aromatic heterocycles. The summed E-state index contributed by atoms with van der Waals surface area (Å²) in [4.78, 5) is 20.7. The maximum atomic E-state index is 11.8. The van der Waals surface area contributed by atoms with Gasteiger partial charge in [-0.1, -0.05) is 23.7 Å². The van der Waals surface area contributed by atoms with Crippen molar-refractivity contribution in [1.82, 2.24) is 9.97 Å². The summed E-state index contributed by atoms with van der Waals surface area (Å²) >= 11 is 10.5. The second kappa shape index (κ2) is 8.80. The van der Waals surface area contributed by atoms with Gasteiger partial charge in [0.05, 0.1) is 22.1 Å². The molecule has 0 bridgehead atoms. The summed E-state index contributed by atoms with van der Waals surface area (Å²) in [5.41, 5.74) is 2.76. The Morgan fingerprint density at radius 3 is 2.64 bits per heavy atom. The molecule has 0 saturated heterocycles. The topological polar surface area (TPSA) is 52.1 Å². The van der Waals surface area contributed by atoms with E-state index in [4.69, 9.17) is 16.3 Å². The van der Waals surface area contributed by atoms with Crippen molar-refractivity contribution < 1.29 is 9.53 Å². The number of esters is 1. The molecule has 0 unspecified atom stereocenters. The standard InChI is InChI=1S/C17H15ClN2O2S3/c1-11-19-15(9-24-11)7-23-10-16(21)22-6-14-8-25-17(20-14)12-2-4-13(18)5-3-12/h2-5,8-9H,6-7,10H2,1H3. The maximum Gasteiger partial charge on any atom is 0.316 e. The Kier molecular flexibility index (Phi) is 6.47. The number of rotatable bonds is 7. The van der Waals surface area contributed by atoms with Crippen LogP contribution in [0.1, 0.15) is 16.4 Å². The number of carbonyl (C=O) groups excluding carboxylic acids is 1. The molecule has 0 amide bonds. The van der Waals surface area contributed by atoms with Crippen LogP contribution in [0.25, 0.3) is 10.6 Å². The highest BCUT2D eigenvalue weighted by atomic mass is 35.5. The summed E-state index contributed by atoms with van der Waals surface area (Å²) < 4.78 is 5.29. The van der Waals surface area contributed by atoms with Gasteiger partial charge in [0.15, 0.2) is 0 Å². The van der Waals surface area contributed by atoms with Crippen LogP contribution in [0.5, 0.6) is 0 Å². The first-order valence-corrected chi connectivity index (χ1v) is 10.7. The van der Waals surface area contributed by atoms with Crippen molar-refractivity contribution in [2.45, 2.75) is 19.3 Å². The van der Waals surface area contributed by atoms with E-state index in [1.807, 2.05) is 41.9 Å². The SMILES string of the molecule is Cc1nc(CSCC(=O)OCc2csc(-c3ccc(Cl)cc3)n2)cs1. The lowest BCUT2D eigenvalue weighted by Gasteiger charge is -2.02. The number of aromatic nitrogens is 2. The van der Waals surface area contributed by atoms with E-state index < -0.39 is 0 Å². The third-order valence-corrected chi connectivity index (χ3v) is 6.11. The van der Waals surface area contributed by atoms with E-state index in [9.17, 15) is 4.79 Å². The van der Waals surface area contributed by atoms with Gasteiger partial charge in [-0.2, -0.15) is 0 Å². The second-order valence-electron chi connectivity index (χ2n) is 5.16. The van der Waals surface area contributed by atoms with E-state index >= 15 is 0 Å². The second-order valence-corrected chi connectivity index (χ2v) is 8.50. The largest absolute Gasteiger partial charge is 0.459 e. The minimum absolute atomic E-state index is 0.194. The zero-order valence-electron chi connectivity index (χ0n) is 13.4. The lowest BCUT2D eigenvalue weighted by atomic mass is 10.2. The lowest BCUT2D eigenvalue weighted by Crippen LogP contribution is -2.07. The van der Waals surface area contributed by atoms with Crippen molar-refractivity contribution in [2.75, 3.05) is 5.75 Å². The van der Waals surface area contributed by atoms with Gasteiger partial charge in [0.1, 0.15) is 11.6 Å². The van der Waals surface area contributed by atoms with Gasteiger partial charge in [0, 0.05) is 27.1 Å². The van der Waals surface area contributed by atoms with Crippen LogP contribution in [0.2, 0.25) is 5.02 Å². The smallest absolute Gasteiger partial charge is 0.316 e. The van der Waals surface area contributed by atoms with Crippen molar-refractivity contribution in [3.8, 4) is 10.6 Å². The van der Waals surface area contributed by atoms with E-state index in [0.717, 1.165) is 32.7 Å². The van der Waals surface area contributed by atoms with Gasteiger partial charge in [-0.15, -0.1) is 34.4 Å². The molecule has 3 aromatic rings. The minimum Gasteiger partial charge on any atom is -0.459 e. The summed E-state index contributed by atoms with van der Waals surface area (Å²) in [7, 11) is 0. The average molecular weight is 411 g/mol. The van der Waals surface area contributed by atoms with Crippen LogP contribution in [0, 0.1) is 6.92 Å². The summed E-state index contributed by atoms with van der Waals surface area (Å²) in [5, 5.41) is 6.54. The molecular formula is C17H15ClN2O2S3. The molecule has 0 N–H and O–H groups in total. The van der Waals surface area contributed by atoms with E-state index in [0.29, 0.717) is 10.8 Å². The molecule has 0 radical (unpaired) electrons. The Bertz CT molecular complexity index is 846. The summed E-state index contributed by atoms with van der Waals surface area (Å²) in [6.45, 7) is 2.17. The third kappa shape index (κ3) is 5.54. The normalized spacial score (nSPS) is 10.8. The highest BCUT2D eigenvalue weighted by Crippen LogP contribution is 2.25. The van der Waals surface area contributed by atoms with Gasteiger partial charge in [-0.05, 0) is 19.1 Å². The highest BCUT2D eigenvalue weighted by Gasteiger charge is 2.09. The minimum atomic E-state index is -0.238. The van der Waals surface area contributed by atoms with Gasteiger partial charge in [-0.25, -0.2) is 9.97 Å². The third-order valence-electron chi connectivity index (χ3n) is 3.16. The zero-order chi connectivity index (χ0) is 17.6. The summed E-state index contributed by atoms with van der Waals surface area (Å²) in [6, 6.07) is 7.51. The average Bonchev–Trinajstić information content (AvgIpc) is 3.23. The fourth-order valence-electron chi connectivity index (χ4n) is 2.01. The monoisotopic (exact) mass is 410 g/mol. The molecule has 0 spiro atoms. The number of carbonyl (C=O) groups is 1. The number of aryl methyl sites for hydroxylation is 1. The van der Waals surface area contributed by atoms with Gasteiger partial charge < -0.3 is 4.74 Å². The maximum absolute atomic E-state index is 11.8. The lowest BCUT2D eigenvalue weighted by molar-refractivity contribution is -0.141. The van der Waals surface area contributed by atoms with Gasteiger partial charge in [0.25, 0.3) is 0 Å². The van der Waals surface area contributed by atoms with Crippen LogP contribution in [0.3, 0.4) is 0 Å². The van der Waals surface area contributed by atoms with E-state index in [-0.39, 0.29) is 12.6 Å². The molecule has 0 saturated carbocycles. The molecule has 0 aliphatic carbocycles. The van der Waals surface area contributed by atoms with E-state index in [2.05, 4.69) is 9.97 Å². The number of thioether (sulfide) groups is 1. The van der Waals surface area contributed by atoms with Crippen LogP contribution < -0.4 is 0 Å². The molecule has 0 atom stereocenters. The number of hydrogen-bond acceptors (Lipinski definition) is 7. The molecule has 0 fully saturated rings. The fourth-order valence-corrected chi connectivity index (χ4v) is 4.37. The fraction of sp³-hybridized carbons (Fsp3) is 0.235. The number of halogens is 1. The zero-order valence-corrected chi connectivity index (χ0v) is 16.6. The molecule has 0 aliphatic heterocycles. The van der Waals surface area contributed by atoms with Crippen molar-refractivity contribution in [2.24, 2.45) is 0 Å². The van der Waals surface area contributed by atoms with E-state index in [1.165, 1.54) is 23.1 Å². The number of thiazole rings is 2. The van der Waals surface area contributed by atoms with E-state index in [1.54, 1.807) is 11.3 Å². The Labute approximate surface area is 163 Å². The van der Waals surface area contributed by atoms with Crippen LogP contribution in [-0.2, 0) is 21.9 Å². The number of nitrogens with zero attached hydrogens (tertiary/aromatic N) is 2. The molecule has 1 aromatic carbocycles. The van der Waals surface area contributed by atoms with Gasteiger partial charge in [0.2, 0.25) is 0 Å².